The Morgan fingerprint density at radius 2 is 2.31 bits per heavy atom. The van der Waals surface area contributed by atoms with Gasteiger partial charge in [-0.05, 0) is 30.9 Å². The van der Waals surface area contributed by atoms with Crippen LogP contribution in [0.2, 0.25) is 0 Å². The molecule has 0 amide bonds. The van der Waals surface area contributed by atoms with Crippen LogP contribution < -0.4 is 16.2 Å². The van der Waals surface area contributed by atoms with Gasteiger partial charge in [-0.25, -0.2) is 0 Å². The van der Waals surface area contributed by atoms with Crippen LogP contribution in [0.3, 0.4) is 0 Å². The first-order chi connectivity index (χ1) is 7.86. The van der Waals surface area contributed by atoms with E-state index in [-0.39, 0.29) is 0 Å². The molecule has 0 aromatic rings. The summed E-state index contributed by atoms with van der Waals surface area (Å²) >= 11 is 0. The summed E-state index contributed by atoms with van der Waals surface area (Å²) in [7, 11) is 0. The maximum absolute atomic E-state index is 4.61. The van der Waals surface area contributed by atoms with Crippen molar-refractivity contribution in [2.24, 2.45) is 10.9 Å². The fraction of sp³-hybridized carbons (Fsp3) is 0.583. The molecule has 2 rings (SSSR count). The third kappa shape index (κ3) is 3.02. The van der Waals surface area contributed by atoms with Gasteiger partial charge >= 0.3 is 0 Å². The summed E-state index contributed by atoms with van der Waals surface area (Å²) in [5, 5.41) is 3.43. The molecule has 0 bridgehead atoms. The highest BCUT2D eigenvalue weighted by molar-refractivity contribution is 5.84. The van der Waals surface area contributed by atoms with Gasteiger partial charge in [0.1, 0.15) is 0 Å². The van der Waals surface area contributed by atoms with Crippen LogP contribution in [0.25, 0.3) is 0 Å². The second-order valence-corrected chi connectivity index (χ2v) is 4.35. The Labute approximate surface area is 96.9 Å². The summed E-state index contributed by atoms with van der Waals surface area (Å²) in [6.07, 6.45) is 9.49. The summed E-state index contributed by atoms with van der Waals surface area (Å²) in [5.74, 6) is 1.64. The molecule has 0 aliphatic carbocycles. The van der Waals surface area contributed by atoms with Gasteiger partial charge in [0.2, 0.25) is 0 Å². The largest absolute Gasteiger partial charge is 0.374 e. The lowest BCUT2D eigenvalue weighted by molar-refractivity contribution is 0.691. The quantitative estimate of drug-likeness (QED) is 0.672. The first-order valence-electron chi connectivity index (χ1n) is 6.01. The van der Waals surface area contributed by atoms with E-state index in [9.17, 15) is 0 Å². The molecular weight excluding hydrogens is 200 g/mol. The number of hydrogen-bond donors (Lipinski definition) is 3. The van der Waals surface area contributed by atoms with E-state index in [2.05, 4.69) is 34.2 Å². The highest BCUT2D eigenvalue weighted by atomic mass is 15.3. The number of nitrogens with one attached hydrogen (secondary N) is 3. The van der Waals surface area contributed by atoms with Crippen LogP contribution in [0.1, 0.15) is 26.2 Å². The SMILES string of the molecule is C[C@@H](CC1=CNNC=C1)C1=NCCCCN1. The van der Waals surface area contributed by atoms with Gasteiger partial charge in [-0.3, -0.25) is 4.99 Å². The van der Waals surface area contributed by atoms with E-state index in [1.807, 2.05) is 12.4 Å². The molecule has 0 unspecified atom stereocenters. The van der Waals surface area contributed by atoms with Crippen LogP contribution in [0.5, 0.6) is 0 Å². The van der Waals surface area contributed by atoms with Gasteiger partial charge in [0.05, 0.1) is 5.84 Å². The van der Waals surface area contributed by atoms with E-state index in [0.717, 1.165) is 19.5 Å². The van der Waals surface area contributed by atoms with Gasteiger partial charge in [-0.15, -0.1) is 0 Å². The Balaban J connectivity index is 1.91. The molecular formula is C12H20N4. The molecule has 16 heavy (non-hydrogen) atoms. The zero-order valence-corrected chi connectivity index (χ0v) is 9.79. The van der Waals surface area contributed by atoms with Crippen molar-refractivity contribution in [2.75, 3.05) is 13.1 Å². The number of nitrogens with zero attached hydrogens (tertiary/aromatic N) is 1. The lowest BCUT2D eigenvalue weighted by Crippen LogP contribution is -2.30. The summed E-state index contributed by atoms with van der Waals surface area (Å²) in [5.41, 5.74) is 7.23. The van der Waals surface area contributed by atoms with Crippen LogP contribution in [0, 0.1) is 5.92 Å². The fourth-order valence-electron chi connectivity index (χ4n) is 2.00. The lowest BCUT2D eigenvalue weighted by atomic mass is 10.00. The zero-order valence-electron chi connectivity index (χ0n) is 9.79. The van der Waals surface area contributed by atoms with Crippen molar-refractivity contribution in [3.63, 3.8) is 0 Å². The second kappa shape index (κ2) is 5.58. The van der Waals surface area contributed by atoms with Gasteiger partial charge in [-0.1, -0.05) is 6.92 Å². The summed E-state index contributed by atoms with van der Waals surface area (Å²) in [4.78, 5) is 4.61. The average molecular weight is 220 g/mol. The Hall–Kier alpha value is -1.45. The van der Waals surface area contributed by atoms with Gasteiger partial charge in [0.25, 0.3) is 0 Å². The first-order valence-corrected chi connectivity index (χ1v) is 6.01. The van der Waals surface area contributed by atoms with Crippen LogP contribution in [-0.2, 0) is 0 Å². The molecule has 1 atom stereocenters. The smallest absolute Gasteiger partial charge is 0.0994 e. The van der Waals surface area contributed by atoms with Crippen LogP contribution in [0.15, 0.2) is 29.0 Å². The standard InChI is InChI=1S/C12H20N4/c1-10(8-11-4-7-15-16-9-11)12-13-5-2-3-6-14-12/h4,7,9-10,15-16H,2-3,5-6,8H2,1H3,(H,13,14)/t10-/m0/s1. The number of hydrazine groups is 1. The van der Waals surface area contributed by atoms with Crippen molar-refractivity contribution >= 4 is 5.84 Å². The highest BCUT2D eigenvalue weighted by Gasteiger charge is 2.13. The van der Waals surface area contributed by atoms with E-state index in [4.69, 9.17) is 0 Å². The molecule has 0 saturated heterocycles. The minimum atomic E-state index is 0.467. The molecule has 4 nitrogen and oxygen atoms in total. The fourth-order valence-corrected chi connectivity index (χ4v) is 2.00. The molecule has 0 aromatic carbocycles. The summed E-state index contributed by atoms with van der Waals surface area (Å²) < 4.78 is 0. The van der Waals surface area contributed by atoms with Crippen LogP contribution in [-0.4, -0.2) is 18.9 Å². The van der Waals surface area contributed by atoms with Crippen molar-refractivity contribution in [3.8, 4) is 0 Å². The molecule has 2 aliphatic heterocycles. The van der Waals surface area contributed by atoms with Crippen molar-refractivity contribution in [1.29, 1.82) is 0 Å². The van der Waals surface area contributed by atoms with Crippen molar-refractivity contribution in [3.05, 3.63) is 24.0 Å². The molecule has 2 heterocycles. The number of allylic oxidation sites excluding steroid dienone is 2. The molecule has 0 saturated carbocycles. The Morgan fingerprint density at radius 3 is 3.12 bits per heavy atom. The normalized spacial score (nSPS) is 21.8. The topological polar surface area (TPSA) is 48.5 Å². The summed E-state index contributed by atoms with van der Waals surface area (Å²) in [6, 6.07) is 0. The number of amidine groups is 1. The molecule has 0 radical (unpaired) electrons. The zero-order chi connectivity index (χ0) is 11.2. The van der Waals surface area contributed by atoms with Gasteiger partial charge in [0.15, 0.2) is 0 Å². The Bertz CT molecular complexity index is 317. The Morgan fingerprint density at radius 1 is 1.38 bits per heavy atom. The van der Waals surface area contributed by atoms with Crippen molar-refractivity contribution < 1.29 is 0 Å². The third-order valence-corrected chi connectivity index (χ3v) is 2.90. The average Bonchev–Trinajstić information content (AvgIpc) is 2.59. The molecule has 3 N–H and O–H groups in total. The van der Waals surface area contributed by atoms with Gasteiger partial charge in [0, 0.05) is 31.4 Å². The summed E-state index contributed by atoms with van der Waals surface area (Å²) in [6.45, 7) is 4.27. The van der Waals surface area contributed by atoms with E-state index in [0.29, 0.717) is 5.92 Å². The lowest BCUT2D eigenvalue weighted by Gasteiger charge is -2.17. The number of rotatable bonds is 3. The van der Waals surface area contributed by atoms with Crippen LogP contribution >= 0.6 is 0 Å². The van der Waals surface area contributed by atoms with E-state index < -0.39 is 0 Å². The monoisotopic (exact) mass is 220 g/mol. The predicted octanol–water partition coefficient (Wildman–Crippen LogP) is 1.30. The van der Waals surface area contributed by atoms with Crippen LogP contribution in [0.4, 0.5) is 0 Å². The number of hydrogen-bond acceptors (Lipinski definition) is 4. The van der Waals surface area contributed by atoms with Gasteiger partial charge in [-0.2, -0.15) is 0 Å². The minimum absolute atomic E-state index is 0.467. The molecule has 4 heteroatoms. The predicted molar refractivity (Wildman–Crippen MR) is 66.8 cm³/mol. The molecule has 0 aromatic heterocycles. The van der Waals surface area contributed by atoms with Gasteiger partial charge < -0.3 is 16.2 Å². The molecule has 2 aliphatic rings. The maximum atomic E-state index is 4.61. The minimum Gasteiger partial charge on any atom is -0.374 e. The first kappa shape index (κ1) is 11.0. The highest BCUT2D eigenvalue weighted by Crippen LogP contribution is 2.15. The molecule has 88 valence electrons. The third-order valence-electron chi connectivity index (χ3n) is 2.90. The van der Waals surface area contributed by atoms with E-state index in [1.165, 1.54) is 24.3 Å². The number of aliphatic imine (C=N–C) groups is 1. The second-order valence-electron chi connectivity index (χ2n) is 4.35. The van der Waals surface area contributed by atoms with E-state index in [1.54, 1.807) is 0 Å². The maximum Gasteiger partial charge on any atom is 0.0994 e. The Kier molecular flexibility index (Phi) is 3.86. The molecule has 0 fully saturated rings. The van der Waals surface area contributed by atoms with Crippen molar-refractivity contribution in [2.45, 2.75) is 26.2 Å². The van der Waals surface area contributed by atoms with E-state index >= 15 is 0 Å². The van der Waals surface area contributed by atoms with Crippen molar-refractivity contribution in [1.82, 2.24) is 16.2 Å². The molecule has 0 spiro atoms.